The summed E-state index contributed by atoms with van der Waals surface area (Å²) < 4.78 is 24.2. The van der Waals surface area contributed by atoms with Crippen molar-refractivity contribution in [2.75, 3.05) is 70.8 Å². The molecule has 0 aromatic heterocycles. The molecule has 1 unspecified atom stereocenters. The summed E-state index contributed by atoms with van der Waals surface area (Å²) in [5.74, 6) is 0.493. The number of methoxy groups -OCH3 is 2. The maximum atomic E-state index is 13.4. The van der Waals surface area contributed by atoms with E-state index < -0.39 is 0 Å². The molecule has 0 spiro atoms. The van der Waals surface area contributed by atoms with Gasteiger partial charge in [0.15, 0.2) is 11.5 Å². The molecule has 0 saturated carbocycles. The molecule has 0 aliphatic carbocycles. The molecule has 0 bridgehead atoms. The molecule has 1 atom stereocenters. The van der Waals surface area contributed by atoms with Gasteiger partial charge in [-0.2, -0.15) is 0 Å². The minimum absolute atomic E-state index is 0.00728. The number of para-hydroxylation sites is 1. The maximum Gasteiger partial charge on any atom is 0.255 e. The van der Waals surface area contributed by atoms with Gasteiger partial charge in [0, 0.05) is 58.2 Å². The van der Waals surface area contributed by atoms with Crippen LogP contribution in [0.15, 0.2) is 66.7 Å². The number of anilines is 2. The Morgan fingerprint density at radius 3 is 2.22 bits per heavy atom. The van der Waals surface area contributed by atoms with Crippen molar-refractivity contribution >= 4 is 17.3 Å². The Kier molecular flexibility index (Phi) is 8.50. The lowest BCUT2D eigenvalue weighted by molar-refractivity contribution is 0.0926. The largest absolute Gasteiger partial charge is 0.493 e. The molecule has 3 aromatic rings. The molecule has 3 aromatic carbocycles. The second-order valence-electron chi connectivity index (χ2n) is 9.25. The van der Waals surface area contributed by atoms with Crippen molar-refractivity contribution in [1.29, 1.82) is 0 Å². The molecule has 1 amide bonds. The van der Waals surface area contributed by atoms with Gasteiger partial charge in [0.1, 0.15) is 5.82 Å². The van der Waals surface area contributed by atoms with E-state index >= 15 is 0 Å². The number of hydrogen-bond acceptors (Lipinski definition) is 6. The van der Waals surface area contributed by atoms with E-state index in [1.807, 2.05) is 26.2 Å². The van der Waals surface area contributed by atoms with Gasteiger partial charge in [-0.15, -0.1) is 0 Å². The average Bonchev–Trinajstić information content (AvgIpc) is 2.93. The van der Waals surface area contributed by atoms with Gasteiger partial charge >= 0.3 is 0 Å². The van der Waals surface area contributed by atoms with Gasteiger partial charge in [0.2, 0.25) is 0 Å². The molecule has 0 radical (unpaired) electrons. The summed E-state index contributed by atoms with van der Waals surface area (Å²) in [4.78, 5) is 19.9. The Labute approximate surface area is 218 Å². The summed E-state index contributed by atoms with van der Waals surface area (Å²) in [6.07, 6.45) is 0. The second-order valence-corrected chi connectivity index (χ2v) is 9.25. The van der Waals surface area contributed by atoms with Crippen molar-refractivity contribution in [3.05, 3.63) is 83.7 Å². The highest BCUT2D eigenvalue weighted by molar-refractivity contribution is 5.97. The van der Waals surface area contributed by atoms with Crippen LogP contribution in [0.2, 0.25) is 0 Å². The number of hydrogen-bond donors (Lipinski definition) is 1. The van der Waals surface area contributed by atoms with E-state index in [1.54, 1.807) is 25.3 Å². The first-order valence-electron chi connectivity index (χ1n) is 12.4. The summed E-state index contributed by atoms with van der Waals surface area (Å²) >= 11 is 0. The SMILES string of the molecule is COc1cccc(C(=O)NCC(c2ccc(N(C)C)cc2)N2CCN(c3ccc(F)cc3)CC2)c1OC. The third-order valence-electron chi connectivity index (χ3n) is 6.84. The number of halogens is 1. The van der Waals surface area contributed by atoms with E-state index in [0.717, 1.165) is 43.1 Å². The molecule has 1 aliphatic heterocycles. The van der Waals surface area contributed by atoms with Gasteiger partial charge in [-0.3, -0.25) is 9.69 Å². The molecule has 1 N–H and O–H groups in total. The number of nitrogens with one attached hydrogen (secondary N) is 1. The van der Waals surface area contributed by atoms with Gasteiger partial charge in [0.25, 0.3) is 5.91 Å². The summed E-state index contributed by atoms with van der Waals surface area (Å²) in [5, 5.41) is 3.13. The second kappa shape index (κ2) is 12.0. The van der Waals surface area contributed by atoms with E-state index in [0.29, 0.717) is 23.6 Å². The highest BCUT2D eigenvalue weighted by Crippen LogP contribution is 2.31. The number of amides is 1. The number of carbonyl (C=O) groups excluding carboxylic acids is 1. The van der Waals surface area contributed by atoms with Crippen LogP contribution in [0.4, 0.5) is 15.8 Å². The van der Waals surface area contributed by atoms with E-state index in [4.69, 9.17) is 9.47 Å². The van der Waals surface area contributed by atoms with Crippen LogP contribution in [-0.4, -0.2) is 71.8 Å². The number of carbonyl (C=O) groups is 1. The molecule has 1 saturated heterocycles. The fourth-order valence-corrected chi connectivity index (χ4v) is 4.75. The zero-order valence-corrected chi connectivity index (χ0v) is 21.9. The number of ether oxygens (including phenoxy) is 2. The maximum absolute atomic E-state index is 13.4. The summed E-state index contributed by atoms with van der Waals surface area (Å²) in [5.41, 5.74) is 3.71. The first-order chi connectivity index (χ1) is 17.9. The summed E-state index contributed by atoms with van der Waals surface area (Å²) in [7, 11) is 7.12. The fraction of sp³-hybridized carbons (Fsp3) is 0.345. The topological polar surface area (TPSA) is 57.3 Å². The van der Waals surface area contributed by atoms with E-state index in [-0.39, 0.29) is 17.8 Å². The van der Waals surface area contributed by atoms with Crippen molar-refractivity contribution in [2.45, 2.75) is 6.04 Å². The Bertz CT molecular complexity index is 1180. The van der Waals surface area contributed by atoms with Crippen molar-refractivity contribution < 1.29 is 18.7 Å². The zero-order chi connectivity index (χ0) is 26.4. The molecular formula is C29H35FN4O3. The highest BCUT2D eigenvalue weighted by atomic mass is 19.1. The summed E-state index contributed by atoms with van der Waals surface area (Å²) in [6.45, 7) is 3.70. The molecule has 196 valence electrons. The molecule has 1 heterocycles. The van der Waals surface area contributed by atoms with Crippen LogP contribution in [0.25, 0.3) is 0 Å². The van der Waals surface area contributed by atoms with Crippen molar-refractivity contribution in [1.82, 2.24) is 10.2 Å². The van der Waals surface area contributed by atoms with Gasteiger partial charge in [-0.1, -0.05) is 18.2 Å². The van der Waals surface area contributed by atoms with Gasteiger partial charge < -0.3 is 24.6 Å². The third-order valence-corrected chi connectivity index (χ3v) is 6.84. The van der Waals surface area contributed by atoms with Gasteiger partial charge in [-0.25, -0.2) is 4.39 Å². The highest BCUT2D eigenvalue weighted by Gasteiger charge is 2.27. The van der Waals surface area contributed by atoms with Crippen LogP contribution < -0.4 is 24.6 Å². The Morgan fingerprint density at radius 2 is 1.62 bits per heavy atom. The fourth-order valence-electron chi connectivity index (χ4n) is 4.75. The lowest BCUT2D eigenvalue weighted by Crippen LogP contribution is -2.50. The van der Waals surface area contributed by atoms with Crippen molar-refractivity contribution in [2.24, 2.45) is 0 Å². The normalized spacial score (nSPS) is 14.7. The van der Waals surface area contributed by atoms with E-state index in [1.165, 1.54) is 19.2 Å². The first-order valence-corrected chi connectivity index (χ1v) is 12.4. The predicted octanol–water partition coefficient (Wildman–Crippen LogP) is 4.20. The van der Waals surface area contributed by atoms with E-state index in [2.05, 4.69) is 44.3 Å². The van der Waals surface area contributed by atoms with Crippen LogP contribution in [0.1, 0.15) is 22.0 Å². The minimum atomic E-state index is -0.230. The number of nitrogens with zero attached hydrogens (tertiary/aromatic N) is 3. The van der Waals surface area contributed by atoms with Crippen LogP contribution in [0, 0.1) is 5.82 Å². The Hall–Kier alpha value is -3.78. The van der Waals surface area contributed by atoms with Crippen LogP contribution in [-0.2, 0) is 0 Å². The van der Waals surface area contributed by atoms with Crippen molar-refractivity contribution in [3.63, 3.8) is 0 Å². The summed E-state index contributed by atoms with van der Waals surface area (Å²) in [6, 6.07) is 20.4. The van der Waals surface area contributed by atoms with Crippen LogP contribution in [0.3, 0.4) is 0 Å². The van der Waals surface area contributed by atoms with E-state index in [9.17, 15) is 9.18 Å². The smallest absolute Gasteiger partial charge is 0.255 e. The number of benzene rings is 3. The number of piperazine rings is 1. The third kappa shape index (κ3) is 6.14. The lowest BCUT2D eigenvalue weighted by Gasteiger charge is -2.40. The molecule has 1 aliphatic rings. The van der Waals surface area contributed by atoms with Crippen LogP contribution in [0.5, 0.6) is 11.5 Å². The molecule has 37 heavy (non-hydrogen) atoms. The lowest BCUT2D eigenvalue weighted by atomic mass is 10.0. The zero-order valence-electron chi connectivity index (χ0n) is 21.9. The average molecular weight is 507 g/mol. The van der Waals surface area contributed by atoms with Gasteiger partial charge in [-0.05, 0) is 54.1 Å². The quantitative estimate of drug-likeness (QED) is 0.470. The first kappa shape index (κ1) is 26.3. The minimum Gasteiger partial charge on any atom is -0.493 e. The predicted molar refractivity (Wildman–Crippen MR) is 146 cm³/mol. The monoisotopic (exact) mass is 506 g/mol. The molecule has 1 fully saturated rings. The van der Waals surface area contributed by atoms with Crippen molar-refractivity contribution in [3.8, 4) is 11.5 Å². The van der Waals surface area contributed by atoms with Gasteiger partial charge in [0.05, 0.1) is 25.8 Å². The molecule has 7 nitrogen and oxygen atoms in total. The Balaban J connectivity index is 1.51. The number of rotatable bonds is 9. The Morgan fingerprint density at radius 1 is 0.946 bits per heavy atom. The standard InChI is InChI=1S/C29H35FN4O3/c1-32(2)23-12-8-21(9-13-23)26(20-31-29(35)25-6-5-7-27(36-3)28(25)37-4)34-18-16-33(17-19-34)24-14-10-22(30)11-15-24/h5-15,26H,16-20H2,1-4H3,(H,31,35). The van der Waals surface area contributed by atoms with Crippen LogP contribution >= 0.6 is 0 Å². The molecular weight excluding hydrogens is 471 g/mol. The molecule has 8 heteroatoms. The molecule has 4 rings (SSSR count).